The molecule has 112 valence electrons. The number of quaternary nitrogens is 1. The number of benzene rings is 1. The molecule has 21 heavy (non-hydrogen) atoms. The topological polar surface area (TPSA) is 71.8 Å². The highest BCUT2D eigenvalue weighted by atomic mass is 16.5. The Labute approximate surface area is 124 Å². The molecule has 5 nitrogen and oxygen atoms in total. The van der Waals surface area contributed by atoms with Crippen LogP contribution in [-0.4, -0.2) is 22.4 Å². The van der Waals surface area contributed by atoms with E-state index in [2.05, 4.69) is 23.0 Å². The molecule has 0 radical (unpaired) electrons. The average molecular weight is 288 g/mol. The summed E-state index contributed by atoms with van der Waals surface area (Å²) in [5.74, 6) is -0.303. The van der Waals surface area contributed by atoms with Gasteiger partial charge in [0.15, 0.2) is 0 Å². The van der Waals surface area contributed by atoms with Crippen molar-refractivity contribution in [2.45, 2.75) is 33.4 Å². The smallest absolute Gasteiger partial charge is 0.369 e. The monoisotopic (exact) mass is 288 g/mol. The lowest BCUT2D eigenvalue weighted by atomic mass is 10.1. The molecule has 1 aromatic heterocycles. The third-order valence-corrected chi connectivity index (χ3v) is 3.53. The number of rotatable bonds is 5. The van der Waals surface area contributed by atoms with Gasteiger partial charge in [-0.05, 0) is 26.3 Å². The van der Waals surface area contributed by atoms with Crippen LogP contribution in [-0.2, 0) is 16.1 Å². The zero-order valence-corrected chi connectivity index (χ0v) is 12.8. The van der Waals surface area contributed by atoms with E-state index < -0.39 is 6.04 Å². The lowest BCUT2D eigenvalue weighted by Crippen LogP contribution is -2.58. The summed E-state index contributed by atoms with van der Waals surface area (Å²) in [5, 5.41) is 4.54. The Morgan fingerprint density at radius 1 is 1.33 bits per heavy atom. The summed E-state index contributed by atoms with van der Waals surface area (Å²) in [6.07, 6.45) is 0. The van der Waals surface area contributed by atoms with Gasteiger partial charge in [-0.2, -0.15) is 5.10 Å². The fourth-order valence-electron chi connectivity index (χ4n) is 2.49. The number of esters is 1. The second-order valence-electron chi connectivity index (χ2n) is 5.03. The van der Waals surface area contributed by atoms with Crippen LogP contribution >= 0.6 is 0 Å². The van der Waals surface area contributed by atoms with Crippen molar-refractivity contribution in [2.75, 3.05) is 6.61 Å². The Morgan fingerprint density at radius 3 is 2.62 bits per heavy atom. The van der Waals surface area contributed by atoms with Crippen LogP contribution in [0.4, 0.5) is 0 Å². The second-order valence-corrected chi connectivity index (χ2v) is 5.03. The normalized spacial score (nSPS) is 12.2. The first-order chi connectivity index (χ1) is 10.0. The number of carbonyl (C=O) groups is 1. The van der Waals surface area contributed by atoms with Crippen molar-refractivity contribution in [3.63, 3.8) is 0 Å². The minimum absolute atomic E-state index is 0.303. The summed E-state index contributed by atoms with van der Waals surface area (Å²) in [6.45, 7) is 6.71. The number of ether oxygens (including phenoxy) is 1. The zero-order valence-electron chi connectivity index (χ0n) is 12.8. The van der Waals surface area contributed by atoms with Crippen LogP contribution in [0.3, 0.4) is 0 Å². The van der Waals surface area contributed by atoms with E-state index in [0.717, 1.165) is 17.0 Å². The van der Waals surface area contributed by atoms with Gasteiger partial charge < -0.3 is 10.5 Å². The molecule has 1 atom stereocenters. The van der Waals surface area contributed by atoms with Gasteiger partial charge in [0.1, 0.15) is 0 Å². The molecule has 0 unspecified atom stereocenters. The molecule has 0 amide bonds. The molecule has 3 N–H and O–H groups in total. The van der Waals surface area contributed by atoms with Crippen molar-refractivity contribution in [2.24, 2.45) is 0 Å². The number of hydrogen-bond donors (Lipinski definition) is 1. The van der Waals surface area contributed by atoms with Crippen molar-refractivity contribution < 1.29 is 15.3 Å². The summed E-state index contributed by atoms with van der Waals surface area (Å²) < 4.78 is 6.97. The standard InChI is InChI=1S/C16H21N3O2/c1-4-21-16(20)15(17)14-11(2)18-19(12(14)3)10-13-8-6-5-7-9-13/h5-9,15H,4,10,17H2,1-3H3/p+1/t15-/m0/s1. The van der Waals surface area contributed by atoms with Gasteiger partial charge in [-0.25, -0.2) is 4.79 Å². The van der Waals surface area contributed by atoms with Crippen LogP contribution in [0.1, 0.15) is 35.5 Å². The molecule has 5 heteroatoms. The van der Waals surface area contributed by atoms with E-state index in [1.54, 1.807) is 6.92 Å². The van der Waals surface area contributed by atoms with Gasteiger partial charge in [0.2, 0.25) is 6.04 Å². The summed E-state index contributed by atoms with van der Waals surface area (Å²) >= 11 is 0. The first-order valence-corrected chi connectivity index (χ1v) is 7.12. The first-order valence-electron chi connectivity index (χ1n) is 7.12. The van der Waals surface area contributed by atoms with Crippen molar-refractivity contribution in [3.8, 4) is 0 Å². The summed E-state index contributed by atoms with van der Waals surface area (Å²) in [6, 6.07) is 9.58. The average Bonchev–Trinajstić information content (AvgIpc) is 2.74. The summed E-state index contributed by atoms with van der Waals surface area (Å²) in [4.78, 5) is 11.9. The minimum Gasteiger partial charge on any atom is -0.461 e. The van der Waals surface area contributed by atoms with E-state index in [4.69, 9.17) is 4.74 Å². The van der Waals surface area contributed by atoms with Crippen LogP contribution in [0.15, 0.2) is 30.3 Å². The SMILES string of the molecule is CCOC(=O)[C@@H]([NH3+])c1c(C)nn(Cc2ccccc2)c1C. The molecule has 0 bridgehead atoms. The molecule has 2 aromatic rings. The van der Waals surface area contributed by atoms with Gasteiger partial charge >= 0.3 is 5.97 Å². The van der Waals surface area contributed by atoms with Gasteiger partial charge in [0.05, 0.1) is 24.4 Å². The van der Waals surface area contributed by atoms with Crippen LogP contribution in [0.5, 0.6) is 0 Å². The van der Waals surface area contributed by atoms with E-state index >= 15 is 0 Å². The fourth-order valence-corrected chi connectivity index (χ4v) is 2.49. The first kappa shape index (κ1) is 15.3. The van der Waals surface area contributed by atoms with E-state index in [-0.39, 0.29) is 5.97 Å². The predicted octanol–water partition coefficient (Wildman–Crippen LogP) is 1.39. The van der Waals surface area contributed by atoms with E-state index in [1.165, 1.54) is 5.56 Å². The third-order valence-electron chi connectivity index (χ3n) is 3.53. The van der Waals surface area contributed by atoms with Crippen LogP contribution in [0.25, 0.3) is 0 Å². The van der Waals surface area contributed by atoms with E-state index in [9.17, 15) is 4.79 Å². The van der Waals surface area contributed by atoms with E-state index in [0.29, 0.717) is 13.2 Å². The molecule has 0 aliphatic rings. The quantitative estimate of drug-likeness (QED) is 0.845. The highest BCUT2D eigenvalue weighted by molar-refractivity contribution is 5.76. The molecule has 0 aliphatic carbocycles. The molecular formula is C16H22N3O2+. The van der Waals surface area contributed by atoms with Crippen molar-refractivity contribution in [1.82, 2.24) is 9.78 Å². The van der Waals surface area contributed by atoms with Gasteiger partial charge in [-0.3, -0.25) is 4.68 Å². The van der Waals surface area contributed by atoms with Crippen molar-refractivity contribution >= 4 is 5.97 Å². The van der Waals surface area contributed by atoms with Gasteiger partial charge in [0, 0.05) is 5.69 Å². The molecule has 0 saturated heterocycles. The van der Waals surface area contributed by atoms with Gasteiger partial charge in [-0.1, -0.05) is 30.3 Å². The molecule has 0 aliphatic heterocycles. The number of hydrogen-bond acceptors (Lipinski definition) is 3. The third kappa shape index (κ3) is 3.31. The summed E-state index contributed by atoms with van der Waals surface area (Å²) in [7, 11) is 0. The van der Waals surface area contributed by atoms with Crippen LogP contribution < -0.4 is 5.73 Å². The number of nitrogens with zero attached hydrogens (tertiary/aromatic N) is 2. The van der Waals surface area contributed by atoms with Crippen LogP contribution in [0, 0.1) is 13.8 Å². The van der Waals surface area contributed by atoms with Crippen molar-refractivity contribution in [3.05, 3.63) is 52.8 Å². The number of aryl methyl sites for hydroxylation is 1. The summed E-state index contributed by atoms with van der Waals surface area (Å²) in [5.41, 5.74) is 7.77. The zero-order chi connectivity index (χ0) is 15.4. The maximum absolute atomic E-state index is 11.9. The molecule has 2 rings (SSSR count). The highest BCUT2D eigenvalue weighted by Crippen LogP contribution is 2.20. The molecular weight excluding hydrogens is 266 g/mol. The van der Waals surface area contributed by atoms with Crippen molar-refractivity contribution in [1.29, 1.82) is 0 Å². The Bertz CT molecular complexity index is 620. The molecule has 1 heterocycles. The lowest BCUT2D eigenvalue weighted by molar-refractivity contribution is -0.414. The lowest BCUT2D eigenvalue weighted by Gasteiger charge is -2.09. The predicted molar refractivity (Wildman–Crippen MR) is 79.5 cm³/mol. The van der Waals surface area contributed by atoms with Gasteiger partial charge in [0.25, 0.3) is 0 Å². The van der Waals surface area contributed by atoms with E-state index in [1.807, 2.05) is 36.7 Å². The maximum Gasteiger partial charge on any atom is 0.369 e. The second kappa shape index (κ2) is 6.54. The molecule has 1 aromatic carbocycles. The number of aromatic nitrogens is 2. The fraction of sp³-hybridized carbons (Fsp3) is 0.375. The Balaban J connectivity index is 2.27. The maximum atomic E-state index is 11.9. The Morgan fingerprint density at radius 2 is 2.00 bits per heavy atom. The largest absolute Gasteiger partial charge is 0.461 e. The molecule has 0 saturated carbocycles. The molecule has 0 fully saturated rings. The number of carbonyl (C=O) groups excluding carboxylic acids is 1. The minimum atomic E-state index is -0.533. The Hall–Kier alpha value is -2.14. The van der Waals surface area contributed by atoms with Crippen LogP contribution in [0.2, 0.25) is 0 Å². The van der Waals surface area contributed by atoms with Gasteiger partial charge in [-0.15, -0.1) is 0 Å². The molecule has 0 spiro atoms. The Kier molecular flexibility index (Phi) is 4.75. The highest BCUT2D eigenvalue weighted by Gasteiger charge is 2.28.